The van der Waals surface area contributed by atoms with E-state index in [9.17, 15) is 4.79 Å². The van der Waals surface area contributed by atoms with Crippen LogP contribution < -0.4 is 4.74 Å². The molecule has 0 atom stereocenters. The Kier molecular flexibility index (Phi) is 4.15. The van der Waals surface area contributed by atoms with Gasteiger partial charge in [-0.25, -0.2) is 0 Å². The number of Topliss-reactive ketones (excluding diaryl/α,β-unsaturated/α-hetero) is 1. The van der Waals surface area contributed by atoms with Crippen molar-refractivity contribution in [3.63, 3.8) is 0 Å². The summed E-state index contributed by atoms with van der Waals surface area (Å²) in [6.45, 7) is 0. The molecule has 1 aliphatic rings. The average molecular weight is 293 g/mol. The molecular formula is C14H13BrO2. The van der Waals surface area contributed by atoms with Crippen LogP contribution in [0.3, 0.4) is 0 Å². The van der Waals surface area contributed by atoms with Crippen molar-refractivity contribution in [3.05, 3.63) is 53.8 Å². The predicted octanol–water partition coefficient (Wildman–Crippen LogP) is 3.88. The van der Waals surface area contributed by atoms with E-state index in [1.165, 1.54) is 0 Å². The summed E-state index contributed by atoms with van der Waals surface area (Å²) in [6.07, 6.45) is 8.23. The fourth-order valence-corrected chi connectivity index (χ4v) is 1.91. The number of rotatable bonds is 4. The number of allylic oxidation sites excluding steroid dienone is 3. The highest BCUT2D eigenvalue weighted by Gasteiger charge is 2.05. The van der Waals surface area contributed by atoms with Gasteiger partial charge in [-0.15, -0.1) is 0 Å². The number of hydrogen-bond donors (Lipinski definition) is 0. The third-order valence-electron chi connectivity index (χ3n) is 2.49. The summed E-state index contributed by atoms with van der Waals surface area (Å²) in [5.41, 5.74) is 0.697. The van der Waals surface area contributed by atoms with Gasteiger partial charge < -0.3 is 4.74 Å². The maximum Gasteiger partial charge on any atom is 0.173 e. The van der Waals surface area contributed by atoms with Gasteiger partial charge in [0.1, 0.15) is 11.5 Å². The summed E-state index contributed by atoms with van der Waals surface area (Å²) in [6, 6.07) is 7.20. The van der Waals surface area contributed by atoms with Crippen LogP contribution in [0.1, 0.15) is 23.2 Å². The number of carbonyl (C=O) groups excluding carboxylic acids is 1. The van der Waals surface area contributed by atoms with Gasteiger partial charge in [0.15, 0.2) is 5.78 Å². The maximum absolute atomic E-state index is 11.4. The van der Waals surface area contributed by atoms with Crippen LogP contribution in [0, 0.1) is 0 Å². The lowest BCUT2D eigenvalue weighted by molar-refractivity contribution is 0.102. The minimum atomic E-state index is 0.0772. The lowest BCUT2D eigenvalue weighted by Crippen LogP contribution is -2.00. The lowest BCUT2D eigenvalue weighted by Gasteiger charge is -2.09. The van der Waals surface area contributed by atoms with E-state index in [0.717, 1.165) is 24.4 Å². The molecule has 0 spiro atoms. The van der Waals surface area contributed by atoms with Crippen LogP contribution in [0.25, 0.3) is 0 Å². The molecule has 0 heterocycles. The summed E-state index contributed by atoms with van der Waals surface area (Å²) in [7, 11) is 0. The van der Waals surface area contributed by atoms with Crippen LogP contribution >= 0.6 is 15.9 Å². The normalized spacial score (nSPS) is 14.3. The third-order valence-corrected chi connectivity index (χ3v) is 3.00. The second-order valence-electron chi connectivity index (χ2n) is 3.77. The minimum Gasteiger partial charge on any atom is -0.458 e. The lowest BCUT2D eigenvalue weighted by atomic mass is 10.1. The van der Waals surface area contributed by atoms with Crippen molar-refractivity contribution in [2.45, 2.75) is 12.8 Å². The van der Waals surface area contributed by atoms with Crippen molar-refractivity contribution in [1.29, 1.82) is 0 Å². The Morgan fingerprint density at radius 3 is 2.59 bits per heavy atom. The Labute approximate surface area is 109 Å². The second kappa shape index (κ2) is 5.82. The molecule has 0 aliphatic heterocycles. The number of hydrogen-bond acceptors (Lipinski definition) is 2. The van der Waals surface area contributed by atoms with E-state index in [2.05, 4.69) is 28.1 Å². The molecule has 2 nitrogen and oxygen atoms in total. The quantitative estimate of drug-likeness (QED) is 0.622. The fraction of sp³-hybridized carbons (Fsp3) is 0.214. The molecule has 0 radical (unpaired) electrons. The highest BCUT2D eigenvalue weighted by molar-refractivity contribution is 9.09. The molecule has 0 saturated carbocycles. The van der Waals surface area contributed by atoms with Crippen LogP contribution in [0.2, 0.25) is 0 Å². The zero-order valence-corrected chi connectivity index (χ0v) is 10.9. The van der Waals surface area contributed by atoms with Gasteiger partial charge >= 0.3 is 0 Å². The summed E-state index contributed by atoms with van der Waals surface area (Å²) in [4.78, 5) is 11.4. The molecule has 0 saturated heterocycles. The summed E-state index contributed by atoms with van der Waals surface area (Å²) < 4.78 is 5.67. The standard InChI is InChI=1S/C14H13BrO2/c15-10-14(16)11-6-8-13(9-7-11)17-12-4-2-1-3-5-12/h2,4-9H,1,3,10H2. The van der Waals surface area contributed by atoms with E-state index in [-0.39, 0.29) is 5.78 Å². The Morgan fingerprint density at radius 2 is 2.00 bits per heavy atom. The second-order valence-corrected chi connectivity index (χ2v) is 4.33. The van der Waals surface area contributed by atoms with Crippen molar-refractivity contribution in [2.24, 2.45) is 0 Å². The first-order chi connectivity index (χ1) is 8.29. The van der Waals surface area contributed by atoms with E-state index < -0.39 is 0 Å². The summed E-state index contributed by atoms with van der Waals surface area (Å²) in [5, 5.41) is 0.348. The number of ether oxygens (including phenoxy) is 1. The van der Waals surface area contributed by atoms with E-state index >= 15 is 0 Å². The highest BCUT2D eigenvalue weighted by atomic mass is 79.9. The van der Waals surface area contributed by atoms with E-state index in [1.807, 2.05) is 18.2 Å². The van der Waals surface area contributed by atoms with Crippen LogP contribution in [0.15, 0.2) is 48.3 Å². The largest absolute Gasteiger partial charge is 0.458 e. The van der Waals surface area contributed by atoms with Gasteiger partial charge in [0.2, 0.25) is 0 Å². The number of benzene rings is 1. The first-order valence-corrected chi connectivity index (χ1v) is 6.65. The van der Waals surface area contributed by atoms with Gasteiger partial charge in [-0.3, -0.25) is 4.79 Å². The smallest absolute Gasteiger partial charge is 0.173 e. The van der Waals surface area contributed by atoms with Crippen molar-refractivity contribution in [2.75, 3.05) is 5.33 Å². The zero-order chi connectivity index (χ0) is 12.1. The third kappa shape index (κ3) is 3.30. The van der Waals surface area contributed by atoms with Crippen LogP contribution in [-0.2, 0) is 0 Å². The molecule has 1 aliphatic carbocycles. The molecule has 1 aromatic rings. The fourth-order valence-electron chi connectivity index (χ4n) is 1.59. The highest BCUT2D eigenvalue weighted by Crippen LogP contribution is 2.18. The summed E-state index contributed by atoms with van der Waals surface area (Å²) >= 11 is 3.15. The average Bonchev–Trinajstić information content (AvgIpc) is 2.40. The molecule has 3 heteroatoms. The van der Waals surface area contributed by atoms with Gasteiger partial charge in [-0.1, -0.05) is 22.0 Å². The minimum absolute atomic E-state index is 0.0772. The van der Waals surface area contributed by atoms with Crippen LogP contribution in [0.4, 0.5) is 0 Å². The van der Waals surface area contributed by atoms with Gasteiger partial charge in [0.25, 0.3) is 0 Å². The monoisotopic (exact) mass is 292 g/mol. The van der Waals surface area contributed by atoms with E-state index in [4.69, 9.17) is 4.74 Å². The Balaban J connectivity index is 2.05. The molecule has 2 rings (SSSR count). The molecular weight excluding hydrogens is 280 g/mol. The first kappa shape index (κ1) is 12.1. The maximum atomic E-state index is 11.4. The van der Waals surface area contributed by atoms with Crippen molar-refractivity contribution in [3.8, 4) is 5.75 Å². The first-order valence-electron chi connectivity index (χ1n) is 5.53. The molecule has 17 heavy (non-hydrogen) atoms. The molecule has 0 N–H and O–H groups in total. The Hall–Kier alpha value is -1.35. The van der Waals surface area contributed by atoms with Crippen LogP contribution in [0.5, 0.6) is 5.75 Å². The number of halogens is 1. The van der Waals surface area contributed by atoms with Crippen molar-refractivity contribution >= 4 is 21.7 Å². The molecule has 0 bridgehead atoms. The molecule has 0 fully saturated rings. The van der Waals surface area contributed by atoms with Gasteiger partial charge in [0, 0.05) is 5.56 Å². The van der Waals surface area contributed by atoms with Gasteiger partial charge in [-0.2, -0.15) is 0 Å². The van der Waals surface area contributed by atoms with E-state index in [1.54, 1.807) is 12.1 Å². The van der Waals surface area contributed by atoms with E-state index in [0.29, 0.717) is 10.9 Å². The Morgan fingerprint density at radius 1 is 1.24 bits per heavy atom. The van der Waals surface area contributed by atoms with Gasteiger partial charge in [0.05, 0.1) is 5.33 Å². The van der Waals surface area contributed by atoms with Crippen molar-refractivity contribution in [1.82, 2.24) is 0 Å². The predicted molar refractivity (Wildman–Crippen MR) is 71.7 cm³/mol. The molecule has 0 aromatic heterocycles. The van der Waals surface area contributed by atoms with Crippen LogP contribution in [-0.4, -0.2) is 11.1 Å². The SMILES string of the molecule is O=C(CBr)c1ccc(OC2=CCCC=C2)cc1. The number of ketones is 1. The zero-order valence-electron chi connectivity index (χ0n) is 9.36. The number of alkyl halides is 1. The van der Waals surface area contributed by atoms with Gasteiger partial charge in [-0.05, 0) is 49.3 Å². The molecule has 0 amide bonds. The molecule has 0 unspecified atom stereocenters. The Bertz CT molecular complexity index is 458. The molecule has 1 aromatic carbocycles. The summed E-state index contributed by atoms with van der Waals surface area (Å²) in [5.74, 6) is 1.71. The topological polar surface area (TPSA) is 26.3 Å². The molecule has 88 valence electrons. The van der Waals surface area contributed by atoms with Crippen molar-refractivity contribution < 1.29 is 9.53 Å². The number of carbonyl (C=O) groups is 1.